The molecule has 0 saturated heterocycles. The van der Waals surface area contributed by atoms with Gasteiger partial charge in [-0.25, -0.2) is 5.43 Å². The van der Waals surface area contributed by atoms with Crippen LogP contribution in [0.4, 0.5) is 5.69 Å². The highest BCUT2D eigenvalue weighted by atomic mass is 16.6. The number of carbonyl (C=O) groups excluding carboxylic acids is 1. The lowest BCUT2D eigenvalue weighted by atomic mass is 10.1. The smallest absolute Gasteiger partial charge is 0.312 e. The number of rotatable bonds is 10. The summed E-state index contributed by atoms with van der Waals surface area (Å²) in [4.78, 5) is 23.3. The van der Waals surface area contributed by atoms with E-state index in [9.17, 15) is 14.9 Å². The van der Waals surface area contributed by atoms with Crippen molar-refractivity contribution in [2.24, 2.45) is 5.10 Å². The van der Waals surface area contributed by atoms with Crippen molar-refractivity contribution in [1.82, 2.24) is 15.2 Å². The molecule has 3 aromatic rings. The first-order valence-corrected chi connectivity index (χ1v) is 11.2. The normalized spacial score (nSPS) is 11.9. The molecule has 3 rings (SSSR count). The lowest BCUT2D eigenvalue weighted by Crippen LogP contribution is -2.28. The molecule has 0 saturated carbocycles. The zero-order chi connectivity index (χ0) is 25.5. The third-order valence-corrected chi connectivity index (χ3v) is 5.52. The van der Waals surface area contributed by atoms with Crippen molar-refractivity contribution >= 4 is 17.8 Å². The Morgan fingerprint density at radius 1 is 1.20 bits per heavy atom. The van der Waals surface area contributed by atoms with Crippen molar-refractivity contribution in [3.05, 3.63) is 80.7 Å². The van der Waals surface area contributed by atoms with Gasteiger partial charge in [0.2, 0.25) is 0 Å². The first-order valence-electron chi connectivity index (χ1n) is 11.2. The second-order valence-electron chi connectivity index (χ2n) is 7.99. The molecule has 35 heavy (non-hydrogen) atoms. The van der Waals surface area contributed by atoms with Crippen LogP contribution in [-0.2, 0) is 11.4 Å². The summed E-state index contributed by atoms with van der Waals surface area (Å²) in [6.45, 7) is 9.49. The Balaban J connectivity index is 1.67. The maximum Gasteiger partial charge on any atom is 0.312 e. The van der Waals surface area contributed by atoms with Crippen LogP contribution < -0.4 is 14.9 Å². The molecular formula is C25H29N5O5. The van der Waals surface area contributed by atoms with Gasteiger partial charge >= 0.3 is 5.69 Å². The third-order valence-electron chi connectivity index (χ3n) is 5.52. The summed E-state index contributed by atoms with van der Waals surface area (Å²) in [7, 11) is 0. The Kier molecular flexibility index (Phi) is 8.19. The van der Waals surface area contributed by atoms with E-state index in [2.05, 4.69) is 15.6 Å². The van der Waals surface area contributed by atoms with E-state index in [1.54, 1.807) is 32.0 Å². The fourth-order valence-corrected chi connectivity index (χ4v) is 3.59. The Morgan fingerprint density at radius 3 is 2.60 bits per heavy atom. The molecule has 0 spiro atoms. The van der Waals surface area contributed by atoms with Crippen LogP contribution in [0, 0.1) is 30.9 Å². The number of ether oxygens (including phenoxy) is 2. The molecule has 10 nitrogen and oxygen atoms in total. The van der Waals surface area contributed by atoms with Gasteiger partial charge in [-0.3, -0.25) is 19.6 Å². The quantitative estimate of drug-likeness (QED) is 0.261. The van der Waals surface area contributed by atoms with Crippen LogP contribution in [0.5, 0.6) is 11.5 Å². The van der Waals surface area contributed by atoms with Crippen LogP contribution in [-0.4, -0.2) is 33.4 Å². The zero-order valence-corrected chi connectivity index (χ0v) is 20.4. The number of benzene rings is 2. The second-order valence-corrected chi connectivity index (χ2v) is 7.99. The highest BCUT2D eigenvalue weighted by molar-refractivity contribution is 5.84. The summed E-state index contributed by atoms with van der Waals surface area (Å²) >= 11 is 0. The molecule has 1 heterocycles. The first-order chi connectivity index (χ1) is 16.7. The van der Waals surface area contributed by atoms with Crippen LogP contribution in [0.1, 0.15) is 48.0 Å². The standard InChI is InChI=1S/C25H29N5O5/c1-6-34-23-13-20(11-12-22(23)35-15-21-10-8-7-9-16(21)2)14-26-27-25(31)19(5)29-18(4)24(30(32)33)17(3)28-29/h7-14,19H,6,15H2,1-5H3,(H,27,31). The minimum atomic E-state index is -0.782. The number of carbonyl (C=O) groups is 1. The molecule has 1 N–H and O–H groups in total. The molecule has 1 aromatic heterocycles. The van der Waals surface area contributed by atoms with Crippen LogP contribution in [0.15, 0.2) is 47.6 Å². The summed E-state index contributed by atoms with van der Waals surface area (Å²) in [5.41, 5.74) is 5.86. The minimum absolute atomic E-state index is 0.0960. The van der Waals surface area contributed by atoms with E-state index in [-0.39, 0.29) is 11.4 Å². The highest BCUT2D eigenvalue weighted by Gasteiger charge is 2.26. The van der Waals surface area contributed by atoms with Gasteiger partial charge in [-0.05, 0) is 69.5 Å². The van der Waals surface area contributed by atoms with E-state index in [0.717, 1.165) is 11.1 Å². The molecule has 1 atom stereocenters. The lowest BCUT2D eigenvalue weighted by molar-refractivity contribution is -0.386. The summed E-state index contributed by atoms with van der Waals surface area (Å²) in [6.07, 6.45) is 1.49. The number of nitrogens with one attached hydrogen (secondary N) is 1. The van der Waals surface area contributed by atoms with Crippen molar-refractivity contribution in [1.29, 1.82) is 0 Å². The molecule has 184 valence electrons. The van der Waals surface area contributed by atoms with Crippen LogP contribution in [0.25, 0.3) is 0 Å². The highest BCUT2D eigenvalue weighted by Crippen LogP contribution is 2.29. The van der Waals surface area contributed by atoms with E-state index in [1.165, 1.54) is 17.8 Å². The van der Waals surface area contributed by atoms with Crippen LogP contribution in [0.3, 0.4) is 0 Å². The Hall–Kier alpha value is -4.21. The number of amides is 1. The summed E-state index contributed by atoms with van der Waals surface area (Å²) in [5, 5.41) is 19.4. The van der Waals surface area contributed by atoms with Gasteiger partial charge in [-0.2, -0.15) is 10.2 Å². The first kappa shape index (κ1) is 25.4. The molecule has 0 bridgehead atoms. The Bertz CT molecular complexity index is 1250. The molecular weight excluding hydrogens is 450 g/mol. The van der Waals surface area contributed by atoms with Gasteiger partial charge in [-0.1, -0.05) is 24.3 Å². The number of aryl methyl sites for hydroxylation is 2. The van der Waals surface area contributed by atoms with Gasteiger partial charge < -0.3 is 9.47 Å². The van der Waals surface area contributed by atoms with Crippen LogP contribution >= 0.6 is 0 Å². The molecule has 0 aliphatic rings. The predicted octanol–water partition coefficient (Wildman–Crippen LogP) is 4.41. The molecule has 2 aromatic carbocycles. The monoisotopic (exact) mass is 479 g/mol. The van der Waals surface area contributed by atoms with Gasteiger partial charge in [0.05, 0.1) is 17.7 Å². The van der Waals surface area contributed by atoms with E-state index in [4.69, 9.17) is 9.47 Å². The summed E-state index contributed by atoms with van der Waals surface area (Å²) < 4.78 is 13.0. The van der Waals surface area contributed by atoms with E-state index in [0.29, 0.717) is 36.0 Å². The largest absolute Gasteiger partial charge is 0.490 e. The number of hydrogen-bond acceptors (Lipinski definition) is 7. The average molecular weight is 480 g/mol. The third kappa shape index (κ3) is 6.03. The van der Waals surface area contributed by atoms with Gasteiger partial charge in [0, 0.05) is 0 Å². The van der Waals surface area contributed by atoms with E-state index < -0.39 is 16.9 Å². The Morgan fingerprint density at radius 2 is 1.94 bits per heavy atom. The average Bonchev–Trinajstić information content (AvgIpc) is 3.13. The second kappa shape index (κ2) is 11.3. The molecule has 10 heteroatoms. The predicted molar refractivity (Wildman–Crippen MR) is 132 cm³/mol. The zero-order valence-electron chi connectivity index (χ0n) is 20.4. The summed E-state index contributed by atoms with van der Waals surface area (Å²) in [5.74, 6) is 0.723. The van der Waals surface area contributed by atoms with E-state index >= 15 is 0 Å². The molecule has 0 aliphatic heterocycles. The molecule has 0 aliphatic carbocycles. The van der Waals surface area contributed by atoms with Gasteiger partial charge in [0.15, 0.2) is 11.5 Å². The van der Waals surface area contributed by atoms with Crippen molar-refractivity contribution < 1.29 is 19.2 Å². The SMILES string of the molecule is CCOc1cc(C=NNC(=O)C(C)n2nc(C)c([N+](=O)[O-])c2C)ccc1OCc1ccccc1C. The lowest BCUT2D eigenvalue weighted by Gasteiger charge is -2.14. The fraction of sp³-hybridized carbons (Fsp3) is 0.320. The van der Waals surface area contributed by atoms with Crippen molar-refractivity contribution in [2.75, 3.05) is 6.61 Å². The topological polar surface area (TPSA) is 121 Å². The van der Waals surface area contributed by atoms with Gasteiger partial charge in [-0.15, -0.1) is 0 Å². The van der Waals surface area contributed by atoms with Gasteiger partial charge in [0.25, 0.3) is 5.91 Å². The molecule has 1 unspecified atom stereocenters. The minimum Gasteiger partial charge on any atom is -0.490 e. The summed E-state index contributed by atoms with van der Waals surface area (Å²) in [6, 6.07) is 12.6. The van der Waals surface area contributed by atoms with Crippen molar-refractivity contribution in [3.8, 4) is 11.5 Å². The fourth-order valence-electron chi connectivity index (χ4n) is 3.59. The number of aromatic nitrogens is 2. The maximum absolute atomic E-state index is 12.5. The van der Waals surface area contributed by atoms with Crippen molar-refractivity contribution in [2.45, 2.75) is 47.3 Å². The van der Waals surface area contributed by atoms with Gasteiger partial charge in [0.1, 0.15) is 24.0 Å². The maximum atomic E-state index is 12.5. The number of nitro groups is 1. The van der Waals surface area contributed by atoms with Crippen molar-refractivity contribution in [3.63, 3.8) is 0 Å². The Labute approximate surface area is 203 Å². The molecule has 0 fully saturated rings. The van der Waals surface area contributed by atoms with E-state index in [1.807, 2.05) is 38.1 Å². The van der Waals surface area contributed by atoms with Crippen LogP contribution in [0.2, 0.25) is 0 Å². The number of hydrogen-bond donors (Lipinski definition) is 1. The molecule has 0 radical (unpaired) electrons. The number of nitrogens with zero attached hydrogens (tertiary/aromatic N) is 4. The molecule has 1 amide bonds. The number of hydrazone groups is 1.